The Balaban J connectivity index is 1.30. The van der Waals surface area contributed by atoms with Crippen molar-refractivity contribution in [3.8, 4) is 17.6 Å². The summed E-state index contributed by atoms with van der Waals surface area (Å²) in [5.41, 5.74) is 1.77. The van der Waals surface area contributed by atoms with E-state index >= 15 is 0 Å². The molecule has 1 aromatic heterocycles. The number of phenols is 1. The lowest BCUT2D eigenvalue weighted by molar-refractivity contribution is 0.0676. The number of rotatable bonds is 5. The largest absolute Gasteiger partial charge is 0.508 e. The number of ether oxygens (including phenoxy) is 1. The molecular formula is C24H22N2O4. The molecule has 3 aromatic rings. The van der Waals surface area contributed by atoms with Crippen LogP contribution in [0.1, 0.15) is 46.2 Å². The number of furan rings is 1. The zero-order valence-corrected chi connectivity index (χ0v) is 16.5. The highest BCUT2D eigenvalue weighted by Crippen LogP contribution is 2.29. The second kappa shape index (κ2) is 8.75. The molecule has 4 rings (SSSR count). The highest BCUT2D eigenvalue weighted by Gasteiger charge is 2.26. The molecule has 0 aliphatic carbocycles. The smallest absolute Gasteiger partial charge is 0.289 e. The van der Waals surface area contributed by atoms with Crippen LogP contribution in [0.25, 0.3) is 0 Å². The third kappa shape index (κ3) is 4.47. The highest BCUT2D eigenvalue weighted by atomic mass is 16.5. The summed E-state index contributed by atoms with van der Waals surface area (Å²) in [7, 11) is 0. The molecule has 0 saturated carbocycles. The van der Waals surface area contributed by atoms with Gasteiger partial charge in [-0.1, -0.05) is 12.1 Å². The lowest BCUT2D eigenvalue weighted by Gasteiger charge is -2.31. The summed E-state index contributed by atoms with van der Waals surface area (Å²) in [6.45, 7) is 1.55. The highest BCUT2D eigenvalue weighted by molar-refractivity contribution is 5.91. The van der Waals surface area contributed by atoms with Crippen LogP contribution in [0.15, 0.2) is 65.1 Å². The summed E-state index contributed by atoms with van der Waals surface area (Å²) in [6.07, 6.45) is 1.76. The van der Waals surface area contributed by atoms with Gasteiger partial charge >= 0.3 is 0 Å². The van der Waals surface area contributed by atoms with Crippen LogP contribution in [0.5, 0.6) is 11.5 Å². The summed E-state index contributed by atoms with van der Waals surface area (Å²) in [5, 5.41) is 18.3. The number of phenolic OH excluding ortho intramolecular Hbond substituents is 1. The van der Waals surface area contributed by atoms with Crippen LogP contribution in [0.4, 0.5) is 0 Å². The number of hydrogen-bond acceptors (Lipinski definition) is 5. The number of amides is 1. The maximum Gasteiger partial charge on any atom is 0.289 e. The Hall–Kier alpha value is -3.72. The SMILES string of the molecule is N#Cc1ccc(OCc2ccc(C(=O)N3CCC(c4ccc(O)cc4)CC3)o2)cc1. The molecule has 2 aromatic carbocycles. The minimum Gasteiger partial charge on any atom is -0.508 e. The van der Waals surface area contributed by atoms with Crippen LogP contribution in [-0.2, 0) is 6.61 Å². The first-order chi connectivity index (χ1) is 14.6. The Labute approximate surface area is 174 Å². The zero-order chi connectivity index (χ0) is 20.9. The molecule has 6 nitrogen and oxygen atoms in total. The zero-order valence-electron chi connectivity index (χ0n) is 16.5. The van der Waals surface area contributed by atoms with Crippen LogP contribution in [0.2, 0.25) is 0 Å². The molecule has 0 spiro atoms. The number of carbonyl (C=O) groups excluding carboxylic acids is 1. The fourth-order valence-electron chi connectivity index (χ4n) is 3.67. The second-order valence-corrected chi connectivity index (χ2v) is 7.35. The number of hydrogen-bond donors (Lipinski definition) is 1. The van der Waals surface area contributed by atoms with Crippen molar-refractivity contribution in [2.75, 3.05) is 13.1 Å². The summed E-state index contributed by atoms with van der Waals surface area (Å²) in [6, 6.07) is 19.6. The Morgan fingerprint density at radius 2 is 1.77 bits per heavy atom. The van der Waals surface area contributed by atoms with Gasteiger partial charge in [0.15, 0.2) is 5.76 Å². The van der Waals surface area contributed by atoms with E-state index in [1.54, 1.807) is 48.5 Å². The van der Waals surface area contributed by atoms with E-state index in [0.29, 0.717) is 41.8 Å². The van der Waals surface area contributed by atoms with E-state index in [4.69, 9.17) is 14.4 Å². The Kier molecular flexibility index (Phi) is 5.71. The van der Waals surface area contributed by atoms with Gasteiger partial charge in [-0.2, -0.15) is 5.26 Å². The Morgan fingerprint density at radius 3 is 2.43 bits per heavy atom. The molecule has 0 radical (unpaired) electrons. The van der Waals surface area contributed by atoms with Crippen molar-refractivity contribution in [2.24, 2.45) is 0 Å². The van der Waals surface area contributed by atoms with E-state index < -0.39 is 0 Å². The molecule has 0 bridgehead atoms. The third-order valence-corrected chi connectivity index (χ3v) is 5.38. The summed E-state index contributed by atoms with van der Waals surface area (Å²) >= 11 is 0. The maximum absolute atomic E-state index is 12.8. The van der Waals surface area contributed by atoms with Crippen molar-refractivity contribution < 1.29 is 19.1 Å². The van der Waals surface area contributed by atoms with Gasteiger partial charge in [0.2, 0.25) is 0 Å². The van der Waals surface area contributed by atoms with E-state index in [-0.39, 0.29) is 18.3 Å². The first kappa shape index (κ1) is 19.6. The monoisotopic (exact) mass is 402 g/mol. The summed E-state index contributed by atoms with van der Waals surface area (Å²) in [4.78, 5) is 14.6. The van der Waals surface area contributed by atoms with Gasteiger partial charge in [-0.05, 0) is 72.9 Å². The number of carbonyl (C=O) groups is 1. The van der Waals surface area contributed by atoms with Gasteiger partial charge < -0.3 is 19.2 Å². The molecular weight excluding hydrogens is 380 g/mol. The van der Waals surface area contributed by atoms with E-state index in [9.17, 15) is 9.90 Å². The van der Waals surface area contributed by atoms with E-state index in [0.717, 1.165) is 12.8 Å². The minimum absolute atomic E-state index is 0.108. The molecule has 30 heavy (non-hydrogen) atoms. The number of piperidine rings is 1. The van der Waals surface area contributed by atoms with Crippen molar-refractivity contribution in [2.45, 2.75) is 25.4 Å². The average Bonchev–Trinajstić information content (AvgIpc) is 3.27. The van der Waals surface area contributed by atoms with Crippen molar-refractivity contribution in [3.05, 3.63) is 83.3 Å². The van der Waals surface area contributed by atoms with Gasteiger partial charge in [-0.3, -0.25) is 4.79 Å². The molecule has 1 fully saturated rings. The molecule has 0 unspecified atom stereocenters. The molecule has 1 aliphatic heterocycles. The number of nitriles is 1. The first-order valence-electron chi connectivity index (χ1n) is 9.92. The Morgan fingerprint density at radius 1 is 1.07 bits per heavy atom. The fourth-order valence-corrected chi connectivity index (χ4v) is 3.67. The molecule has 6 heteroatoms. The third-order valence-electron chi connectivity index (χ3n) is 5.38. The topological polar surface area (TPSA) is 86.7 Å². The molecule has 1 N–H and O–H groups in total. The average molecular weight is 402 g/mol. The molecule has 2 heterocycles. The molecule has 1 amide bonds. The standard InChI is InChI=1S/C24H22N2O4/c25-15-17-1-7-21(8-2-17)29-16-22-9-10-23(30-22)24(28)26-13-11-19(12-14-26)18-3-5-20(27)6-4-18/h1-10,19,27H,11-14,16H2. The summed E-state index contributed by atoms with van der Waals surface area (Å²) in [5.74, 6) is 2.07. The maximum atomic E-state index is 12.8. The quantitative estimate of drug-likeness (QED) is 0.681. The van der Waals surface area contributed by atoms with Crippen molar-refractivity contribution in [1.29, 1.82) is 5.26 Å². The summed E-state index contributed by atoms with van der Waals surface area (Å²) < 4.78 is 11.3. The van der Waals surface area contributed by atoms with Gasteiger partial charge in [0.25, 0.3) is 5.91 Å². The Bertz CT molecular complexity index is 1040. The van der Waals surface area contributed by atoms with Crippen LogP contribution >= 0.6 is 0 Å². The van der Waals surface area contributed by atoms with Crippen LogP contribution in [-0.4, -0.2) is 29.0 Å². The van der Waals surface area contributed by atoms with Crippen LogP contribution in [0.3, 0.4) is 0 Å². The second-order valence-electron chi connectivity index (χ2n) is 7.35. The van der Waals surface area contributed by atoms with Crippen molar-refractivity contribution >= 4 is 5.91 Å². The van der Waals surface area contributed by atoms with Gasteiger partial charge in [0.1, 0.15) is 23.9 Å². The van der Waals surface area contributed by atoms with E-state index in [1.165, 1.54) is 5.56 Å². The first-order valence-corrected chi connectivity index (χ1v) is 9.92. The van der Waals surface area contributed by atoms with Crippen LogP contribution < -0.4 is 4.74 Å². The molecule has 152 valence electrons. The van der Waals surface area contributed by atoms with Gasteiger partial charge in [0, 0.05) is 13.1 Å². The van der Waals surface area contributed by atoms with E-state index in [2.05, 4.69) is 6.07 Å². The number of nitrogens with zero attached hydrogens (tertiary/aromatic N) is 2. The lowest BCUT2D eigenvalue weighted by atomic mass is 9.89. The molecule has 1 aliphatic rings. The van der Waals surface area contributed by atoms with Crippen molar-refractivity contribution in [1.82, 2.24) is 4.90 Å². The number of likely N-dealkylation sites (tertiary alicyclic amines) is 1. The molecule has 1 saturated heterocycles. The van der Waals surface area contributed by atoms with E-state index in [1.807, 2.05) is 17.0 Å². The van der Waals surface area contributed by atoms with Gasteiger partial charge in [-0.15, -0.1) is 0 Å². The lowest BCUT2D eigenvalue weighted by Crippen LogP contribution is -2.37. The normalized spacial score (nSPS) is 14.3. The minimum atomic E-state index is -0.108. The van der Waals surface area contributed by atoms with Gasteiger partial charge in [0.05, 0.1) is 11.6 Å². The number of aromatic hydroxyl groups is 1. The van der Waals surface area contributed by atoms with Gasteiger partial charge in [-0.25, -0.2) is 0 Å². The predicted octanol–water partition coefficient (Wildman–Crippen LogP) is 4.46. The fraction of sp³-hybridized carbons (Fsp3) is 0.250. The number of benzene rings is 2. The molecule has 0 atom stereocenters. The van der Waals surface area contributed by atoms with Crippen LogP contribution in [0, 0.1) is 11.3 Å². The predicted molar refractivity (Wildman–Crippen MR) is 110 cm³/mol. The van der Waals surface area contributed by atoms with Crippen molar-refractivity contribution in [3.63, 3.8) is 0 Å².